The minimum atomic E-state index is -0.533. The molecule has 0 spiro atoms. The predicted molar refractivity (Wildman–Crippen MR) is 123 cm³/mol. The Hall–Kier alpha value is -3.49. The fourth-order valence-electron chi connectivity index (χ4n) is 4.00. The molecule has 2 aromatic carbocycles. The van der Waals surface area contributed by atoms with E-state index in [9.17, 15) is 14.7 Å². The van der Waals surface area contributed by atoms with Crippen LogP contribution < -0.4 is 5.32 Å². The molecule has 33 heavy (non-hydrogen) atoms. The highest BCUT2D eigenvalue weighted by Crippen LogP contribution is 2.30. The van der Waals surface area contributed by atoms with Gasteiger partial charge in [-0.15, -0.1) is 0 Å². The Kier molecular flexibility index (Phi) is 7.16. The molecule has 1 aromatic heterocycles. The van der Waals surface area contributed by atoms with Gasteiger partial charge >= 0.3 is 0 Å². The molecule has 0 bridgehead atoms. The fraction of sp³-hybridized carbons (Fsp3) is 0.320. The number of hydrogen-bond donors (Lipinski definition) is 2. The summed E-state index contributed by atoms with van der Waals surface area (Å²) in [6, 6.07) is 16.7. The number of morpholine rings is 1. The third kappa shape index (κ3) is 5.47. The Morgan fingerprint density at radius 3 is 2.61 bits per heavy atom. The lowest BCUT2D eigenvalue weighted by Gasteiger charge is -2.40. The molecule has 8 nitrogen and oxygen atoms in total. The van der Waals surface area contributed by atoms with E-state index in [1.807, 2.05) is 72.4 Å². The summed E-state index contributed by atoms with van der Waals surface area (Å²) in [4.78, 5) is 30.7. The topological polar surface area (TPSA) is 96.7 Å². The first-order valence-electron chi connectivity index (χ1n) is 11.0. The van der Waals surface area contributed by atoms with Crippen LogP contribution in [-0.4, -0.2) is 50.6 Å². The Bertz CT molecular complexity index is 1080. The lowest BCUT2D eigenvalue weighted by Crippen LogP contribution is -2.52. The van der Waals surface area contributed by atoms with Gasteiger partial charge in [-0.25, -0.2) is 4.98 Å². The number of imidazole rings is 1. The van der Waals surface area contributed by atoms with E-state index in [0.717, 1.165) is 17.0 Å². The molecule has 172 valence electrons. The Morgan fingerprint density at radius 2 is 1.94 bits per heavy atom. The highest BCUT2D eigenvalue weighted by Gasteiger charge is 2.37. The summed E-state index contributed by atoms with van der Waals surface area (Å²) in [6.45, 7) is -0.00859. The molecule has 0 radical (unpaired) electrons. The number of rotatable bonds is 8. The van der Waals surface area contributed by atoms with Crippen molar-refractivity contribution >= 4 is 17.5 Å². The standard InChI is InChI=1S/C25H28N4O4/c1-28-14-13-26-22(28)15-29-21(16-30)25(33-17-24(29)32)19-8-10-20(11-9-19)27-23(31)12-7-18-5-3-2-4-6-18/h2-6,8-11,13-14,21,25,30H,7,12,15-17H2,1H3,(H,27,31)/t21-,25-/m1/s1. The first-order valence-corrected chi connectivity index (χ1v) is 11.0. The molecule has 2 N–H and O–H groups in total. The lowest BCUT2D eigenvalue weighted by molar-refractivity contribution is -0.162. The van der Waals surface area contributed by atoms with Gasteiger partial charge in [0.25, 0.3) is 0 Å². The monoisotopic (exact) mass is 448 g/mol. The summed E-state index contributed by atoms with van der Waals surface area (Å²) in [6.07, 6.45) is 4.10. The maximum atomic E-state index is 12.5. The van der Waals surface area contributed by atoms with Crippen molar-refractivity contribution in [2.75, 3.05) is 18.5 Å². The second-order valence-corrected chi connectivity index (χ2v) is 8.11. The van der Waals surface area contributed by atoms with E-state index >= 15 is 0 Å². The van der Waals surface area contributed by atoms with Gasteiger partial charge in [0.05, 0.1) is 19.2 Å². The van der Waals surface area contributed by atoms with E-state index in [1.54, 1.807) is 11.1 Å². The second-order valence-electron chi connectivity index (χ2n) is 8.11. The normalized spacial score (nSPS) is 18.4. The zero-order valence-corrected chi connectivity index (χ0v) is 18.6. The maximum absolute atomic E-state index is 12.5. The van der Waals surface area contributed by atoms with E-state index in [2.05, 4.69) is 10.3 Å². The number of carbonyl (C=O) groups excluding carboxylic acids is 2. The minimum absolute atomic E-state index is 0.0550. The van der Waals surface area contributed by atoms with Gasteiger partial charge in [0, 0.05) is 31.5 Å². The molecule has 1 saturated heterocycles. The average Bonchev–Trinajstić information content (AvgIpc) is 3.24. The van der Waals surface area contributed by atoms with Gasteiger partial charge in [-0.1, -0.05) is 42.5 Å². The van der Waals surface area contributed by atoms with Crippen molar-refractivity contribution in [3.63, 3.8) is 0 Å². The second kappa shape index (κ2) is 10.4. The zero-order chi connectivity index (χ0) is 23.2. The molecule has 2 atom stereocenters. The number of carbonyl (C=O) groups is 2. The highest BCUT2D eigenvalue weighted by molar-refractivity contribution is 5.90. The molecule has 4 rings (SSSR count). The molecule has 1 fully saturated rings. The van der Waals surface area contributed by atoms with Crippen LogP contribution in [0.2, 0.25) is 0 Å². The van der Waals surface area contributed by atoms with Crippen molar-refractivity contribution in [3.05, 3.63) is 83.9 Å². The molecule has 1 aliphatic rings. The number of nitrogens with zero attached hydrogens (tertiary/aromatic N) is 3. The quantitative estimate of drug-likeness (QED) is 0.552. The van der Waals surface area contributed by atoms with Crippen molar-refractivity contribution in [2.24, 2.45) is 7.05 Å². The molecule has 0 saturated carbocycles. The van der Waals surface area contributed by atoms with E-state index in [4.69, 9.17) is 4.74 Å². The number of anilines is 1. The number of aliphatic hydroxyl groups excluding tert-OH is 1. The highest BCUT2D eigenvalue weighted by atomic mass is 16.5. The van der Waals surface area contributed by atoms with Crippen LogP contribution in [-0.2, 0) is 34.3 Å². The molecule has 2 amide bonds. The van der Waals surface area contributed by atoms with E-state index in [0.29, 0.717) is 25.1 Å². The third-order valence-electron chi connectivity index (χ3n) is 5.88. The van der Waals surface area contributed by atoms with Gasteiger partial charge in [-0.2, -0.15) is 0 Å². The van der Waals surface area contributed by atoms with Gasteiger partial charge < -0.3 is 24.6 Å². The summed E-state index contributed by atoms with van der Waals surface area (Å²) in [5, 5.41) is 13.0. The number of nitrogens with one attached hydrogen (secondary N) is 1. The van der Waals surface area contributed by atoms with Crippen LogP contribution in [0.4, 0.5) is 5.69 Å². The van der Waals surface area contributed by atoms with Gasteiger partial charge in [0.15, 0.2) is 0 Å². The fourth-order valence-corrected chi connectivity index (χ4v) is 4.00. The smallest absolute Gasteiger partial charge is 0.249 e. The Balaban J connectivity index is 1.40. The zero-order valence-electron chi connectivity index (χ0n) is 18.6. The van der Waals surface area contributed by atoms with Crippen LogP contribution in [0.3, 0.4) is 0 Å². The first kappa shape index (κ1) is 22.7. The van der Waals surface area contributed by atoms with E-state index in [1.165, 1.54) is 0 Å². The van der Waals surface area contributed by atoms with Crippen molar-refractivity contribution in [3.8, 4) is 0 Å². The number of aryl methyl sites for hydroxylation is 2. The van der Waals surface area contributed by atoms with Crippen LogP contribution in [0.15, 0.2) is 67.0 Å². The van der Waals surface area contributed by atoms with Gasteiger partial charge in [-0.05, 0) is 29.7 Å². The number of amides is 2. The van der Waals surface area contributed by atoms with Crippen LogP contribution in [0, 0.1) is 0 Å². The van der Waals surface area contributed by atoms with Gasteiger partial charge in [0.1, 0.15) is 18.5 Å². The van der Waals surface area contributed by atoms with Crippen LogP contribution in [0.25, 0.3) is 0 Å². The third-order valence-corrected chi connectivity index (χ3v) is 5.88. The minimum Gasteiger partial charge on any atom is -0.394 e. The molecule has 8 heteroatoms. The van der Waals surface area contributed by atoms with E-state index < -0.39 is 12.1 Å². The summed E-state index contributed by atoms with van der Waals surface area (Å²) in [5.74, 6) is 0.493. The van der Waals surface area contributed by atoms with Crippen LogP contribution in [0.1, 0.15) is 29.5 Å². The van der Waals surface area contributed by atoms with Crippen LogP contribution in [0.5, 0.6) is 0 Å². The number of ether oxygens (including phenoxy) is 1. The number of hydrogen-bond acceptors (Lipinski definition) is 5. The Labute approximate surface area is 192 Å². The molecular weight excluding hydrogens is 420 g/mol. The molecule has 3 aromatic rings. The number of aliphatic hydroxyl groups is 1. The van der Waals surface area contributed by atoms with Gasteiger partial charge in [-0.3, -0.25) is 9.59 Å². The van der Waals surface area contributed by atoms with E-state index in [-0.39, 0.29) is 25.0 Å². The number of benzene rings is 2. The Morgan fingerprint density at radius 1 is 1.18 bits per heavy atom. The molecular formula is C25H28N4O4. The average molecular weight is 449 g/mol. The molecule has 1 aliphatic heterocycles. The maximum Gasteiger partial charge on any atom is 0.249 e. The SMILES string of the molecule is Cn1ccnc1CN1C(=O)CO[C@H](c2ccc(NC(=O)CCc3ccccc3)cc2)[C@H]1CO. The van der Waals surface area contributed by atoms with Crippen molar-refractivity contribution < 1.29 is 19.4 Å². The summed E-state index contributed by atoms with van der Waals surface area (Å²) in [7, 11) is 1.87. The van der Waals surface area contributed by atoms with Crippen molar-refractivity contribution in [1.29, 1.82) is 0 Å². The molecule has 0 aliphatic carbocycles. The largest absolute Gasteiger partial charge is 0.394 e. The molecule has 0 unspecified atom stereocenters. The van der Waals surface area contributed by atoms with Crippen molar-refractivity contribution in [1.82, 2.24) is 14.5 Å². The summed E-state index contributed by atoms with van der Waals surface area (Å²) in [5.41, 5.74) is 2.64. The summed E-state index contributed by atoms with van der Waals surface area (Å²) < 4.78 is 7.65. The summed E-state index contributed by atoms with van der Waals surface area (Å²) >= 11 is 0. The van der Waals surface area contributed by atoms with Crippen LogP contribution >= 0.6 is 0 Å². The molecule has 2 heterocycles. The first-order chi connectivity index (χ1) is 16.0. The van der Waals surface area contributed by atoms with Crippen molar-refractivity contribution in [2.45, 2.75) is 31.5 Å². The lowest BCUT2D eigenvalue weighted by atomic mass is 9.99. The predicted octanol–water partition coefficient (Wildman–Crippen LogP) is 2.45. The number of aromatic nitrogens is 2. The van der Waals surface area contributed by atoms with Gasteiger partial charge in [0.2, 0.25) is 11.8 Å².